The van der Waals surface area contributed by atoms with Gasteiger partial charge in [0.05, 0.1) is 0 Å². The van der Waals surface area contributed by atoms with Gasteiger partial charge in [0.2, 0.25) is 0 Å². The molecule has 0 unspecified atom stereocenters. The minimum Gasteiger partial charge on any atom is -0.481 e. The Bertz CT molecular complexity index is 248. The van der Waals surface area contributed by atoms with Gasteiger partial charge in [0, 0.05) is 26.1 Å². The summed E-state index contributed by atoms with van der Waals surface area (Å²) >= 11 is 0. The summed E-state index contributed by atoms with van der Waals surface area (Å²) in [6.45, 7) is 2.27. The molecule has 1 fully saturated rings. The van der Waals surface area contributed by atoms with E-state index >= 15 is 0 Å². The molecule has 0 radical (unpaired) electrons. The van der Waals surface area contributed by atoms with Crippen molar-refractivity contribution in [2.24, 2.45) is 0 Å². The summed E-state index contributed by atoms with van der Waals surface area (Å²) in [5.74, 6) is -0.774. The monoisotopic (exact) mass is 242 g/mol. The Morgan fingerprint density at radius 2 is 1.71 bits per heavy atom. The van der Waals surface area contributed by atoms with Crippen LogP contribution in [0.2, 0.25) is 0 Å². The Kier molecular flexibility index (Phi) is 6.43. The van der Waals surface area contributed by atoms with Crippen molar-refractivity contribution < 1.29 is 14.7 Å². The molecule has 17 heavy (non-hydrogen) atoms. The van der Waals surface area contributed by atoms with Crippen molar-refractivity contribution in [3.05, 3.63) is 0 Å². The van der Waals surface area contributed by atoms with Gasteiger partial charge in [0.1, 0.15) is 0 Å². The molecule has 2 amide bonds. The van der Waals surface area contributed by atoms with Crippen LogP contribution in [-0.2, 0) is 4.79 Å². The first-order chi connectivity index (χ1) is 8.20. The van der Waals surface area contributed by atoms with Gasteiger partial charge in [-0.15, -0.1) is 0 Å². The molecule has 5 nitrogen and oxygen atoms in total. The quantitative estimate of drug-likeness (QED) is 0.722. The van der Waals surface area contributed by atoms with Crippen LogP contribution < -0.4 is 5.32 Å². The zero-order valence-electron chi connectivity index (χ0n) is 10.3. The van der Waals surface area contributed by atoms with Gasteiger partial charge >= 0.3 is 12.0 Å². The molecule has 1 rings (SSSR count). The van der Waals surface area contributed by atoms with Gasteiger partial charge in [-0.25, -0.2) is 4.79 Å². The minimum absolute atomic E-state index is 0.00206. The molecule has 1 saturated heterocycles. The highest BCUT2D eigenvalue weighted by molar-refractivity contribution is 5.74. The van der Waals surface area contributed by atoms with Gasteiger partial charge in [-0.2, -0.15) is 0 Å². The largest absolute Gasteiger partial charge is 0.481 e. The number of carbonyl (C=O) groups is 2. The van der Waals surface area contributed by atoms with E-state index in [9.17, 15) is 9.59 Å². The maximum atomic E-state index is 11.7. The van der Waals surface area contributed by atoms with E-state index in [0.29, 0.717) is 13.0 Å². The molecule has 98 valence electrons. The highest BCUT2D eigenvalue weighted by Gasteiger charge is 2.14. The summed E-state index contributed by atoms with van der Waals surface area (Å²) in [5, 5.41) is 11.3. The highest BCUT2D eigenvalue weighted by Crippen LogP contribution is 2.09. The first-order valence-corrected chi connectivity index (χ1v) is 6.45. The highest BCUT2D eigenvalue weighted by atomic mass is 16.4. The average molecular weight is 242 g/mol. The zero-order valence-corrected chi connectivity index (χ0v) is 10.3. The number of urea groups is 1. The third kappa shape index (κ3) is 6.14. The molecule has 5 heteroatoms. The lowest BCUT2D eigenvalue weighted by Gasteiger charge is -2.20. The number of carboxylic acid groups (broad SMARTS) is 1. The second-order valence-corrected chi connectivity index (χ2v) is 4.48. The fourth-order valence-electron chi connectivity index (χ4n) is 1.98. The van der Waals surface area contributed by atoms with E-state index in [-0.39, 0.29) is 12.5 Å². The van der Waals surface area contributed by atoms with E-state index in [1.54, 1.807) is 0 Å². The van der Waals surface area contributed by atoms with Crippen molar-refractivity contribution in [3.63, 3.8) is 0 Å². The molecule has 0 bridgehead atoms. The molecule has 0 atom stereocenters. The summed E-state index contributed by atoms with van der Waals surface area (Å²) in [7, 11) is 0. The van der Waals surface area contributed by atoms with Crippen LogP contribution in [0.25, 0.3) is 0 Å². The fraction of sp³-hybridized carbons (Fsp3) is 0.833. The van der Waals surface area contributed by atoms with E-state index < -0.39 is 5.97 Å². The van der Waals surface area contributed by atoms with Gasteiger partial charge in [-0.1, -0.05) is 12.8 Å². The Labute approximate surface area is 102 Å². The number of aliphatic carboxylic acids is 1. The summed E-state index contributed by atoms with van der Waals surface area (Å²) in [6.07, 6.45) is 6.13. The molecule has 0 aromatic rings. The number of carboxylic acids is 1. The summed E-state index contributed by atoms with van der Waals surface area (Å²) in [5.41, 5.74) is 0. The van der Waals surface area contributed by atoms with Crippen molar-refractivity contribution >= 4 is 12.0 Å². The van der Waals surface area contributed by atoms with Crippen molar-refractivity contribution in [1.82, 2.24) is 10.2 Å². The maximum Gasteiger partial charge on any atom is 0.317 e. The van der Waals surface area contributed by atoms with Crippen LogP contribution in [0.5, 0.6) is 0 Å². The number of nitrogens with zero attached hydrogens (tertiary/aromatic N) is 1. The van der Waals surface area contributed by atoms with Gasteiger partial charge in [-0.05, 0) is 25.7 Å². The van der Waals surface area contributed by atoms with Crippen LogP contribution in [0.4, 0.5) is 4.79 Å². The molecule has 0 saturated carbocycles. The number of hydrogen-bond donors (Lipinski definition) is 2. The summed E-state index contributed by atoms with van der Waals surface area (Å²) < 4.78 is 0. The second kappa shape index (κ2) is 7.92. The van der Waals surface area contributed by atoms with Crippen molar-refractivity contribution in [2.75, 3.05) is 19.6 Å². The van der Waals surface area contributed by atoms with Crippen molar-refractivity contribution in [1.29, 1.82) is 0 Å². The number of unbranched alkanes of at least 4 members (excludes halogenated alkanes) is 1. The molecule has 1 aliphatic rings. The van der Waals surface area contributed by atoms with Gasteiger partial charge in [-0.3, -0.25) is 4.79 Å². The molecule has 1 heterocycles. The van der Waals surface area contributed by atoms with Crippen molar-refractivity contribution in [2.45, 2.75) is 44.9 Å². The third-order valence-electron chi connectivity index (χ3n) is 2.99. The molecule has 0 aromatic carbocycles. The predicted octanol–water partition coefficient (Wildman–Crippen LogP) is 1.83. The second-order valence-electron chi connectivity index (χ2n) is 4.48. The number of hydrogen-bond acceptors (Lipinski definition) is 2. The Morgan fingerprint density at radius 3 is 2.29 bits per heavy atom. The Morgan fingerprint density at radius 1 is 1.06 bits per heavy atom. The molecular weight excluding hydrogens is 220 g/mol. The van der Waals surface area contributed by atoms with Crippen LogP contribution in [0.3, 0.4) is 0 Å². The number of nitrogens with one attached hydrogen (secondary N) is 1. The minimum atomic E-state index is -0.774. The molecule has 0 aromatic heterocycles. The molecular formula is C12H22N2O3. The van der Waals surface area contributed by atoms with Gasteiger partial charge in [0.25, 0.3) is 0 Å². The van der Waals surface area contributed by atoms with Crippen LogP contribution in [-0.4, -0.2) is 41.6 Å². The van der Waals surface area contributed by atoms with E-state index in [1.807, 2.05) is 4.90 Å². The van der Waals surface area contributed by atoms with E-state index in [4.69, 9.17) is 5.11 Å². The summed E-state index contributed by atoms with van der Waals surface area (Å²) in [4.78, 5) is 23.9. The van der Waals surface area contributed by atoms with Gasteiger partial charge in [0.15, 0.2) is 0 Å². The fourth-order valence-corrected chi connectivity index (χ4v) is 1.98. The normalized spacial score (nSPS) is 16.4. The van der Waals surface area contributed by atoms with Crippen LogP contribution >= 0.6 is 0 Å². The number of carbonyl (C=O) groups excluding carboxylic acids is 1. The molecule has 2 N–H and O–H groups in total. The van der Waals surface area contributed by atoms with E-state index in [0.717, 1.165) is 32.4 Å². The van der Waals surface area contributed by atoms with E-state index in [1.165, 1.54) is 12.8 Å². The van der Waals surface area contributed by atoms with Crippen LogP contribution in [0.15, 0.2) is 0 Å². The third-order valence-corrected chi connectivity index (χ3v) is 2.99. The van der Waals surface area contributed by atoms with Gasteiger partial charge < -0.3 is 15.3 Å². The first kappa shape index (κ1) is 13.8. The average Bonchev–Trinajstić information content (AvgIpc) is 2.56. The van der Waals surface area contributed by atoms with E-state index in [2.05, 4.69) is 5.32 Å². The first-order valence-electron chi connectivity index (χ1n) is 6.45. The lowest BCUT2D eigenvalue weighted by Crippen LogP contribution is -2.40. The Hall–Kier alpha value is -1.26. The van der Waals surface area contributed by atoms with Crippen molar-refractivity contribution in [3.8, 4) is 0 Å². The topological polar surface area (TPSA) is 69.6 Å². The standard InChI is InChI=1S/C12H22N2O3/c15-11(16)7-3-4-8-13-12(17)14-9-5-1-2-6-10-14/h1-10H2,(H,13,17)(H,15,16). The van der Waals surface area contributed by atoms with Crippen LogP contribution in [0, 0.1) is 0 Å². The molecule has 0 aliphatic carbocycles. The smallest absolute Gasteiger partial charge is 0.317 e. The zero-order chi connectivity index (χ0) is 12.5. The molecule has 1 aliphatic heterocycles. The number of likely N-dealkylation sites (tertiary alicyclic amines) is 1. The number of rotatable bonds is 5. The summed E-state index contributed by atoms with van der Waals surface area (Å²) in [6, 6.07) is 0.00206. The maximum absolute atomic E-state index is 11.7. The SMILES string of the molecule is O=C(O)CCCCNC(=O)N1CCCCCC1. The predicted molar refractivity (Wildman–Crippen MR) is 64.9 cm³/mol. The Balaban J connectivity index is 2.09. The lowest BCUT2D eigenvalue weighted by molar-refractivity contribution is -0.137. The van der Waals surface area contributed by atoms with Crippen LogP contribution in [0.1, 0.15) is 44.9 Å². The number of amides is 2. The lowest BCUT2D eigenvalue weighted by atomic mass is 10.2. The molecule has 0 spiro atoms.